The quantitative estimate of drug-likeness (QED) is 0.412. The van der Waals surface area contributed by atoms with Crippen LogP contribution < -0.4 is 9.47 Å². The average Bonchev–Trinajstić information content (AvgIpc) is 3.71. The summed E-state index contributed by atoms with van der Waals surface area (Å²) in [5, 5.41) is 0. The first-order chi connectivity index (χ1) is 15.0. The van der Waals surface area contributed by atoms with Crippen molar-refractivity contribution in [1.29, 1.82) is 0 Å². The zero-order valence-corrected chi connectivity index (χ0v) is 19.4. The van der Waals surface area contributed by atoms with Crippen LogP contribution in [0.2, 0.25) is 0 Å². The second kappa shape index (κ2) is 9.62. The third kappa shape index (κ3) is 5.42. The summed E-state index contributed by atoms with van der Waals surface area (Å²) in [6, 6.07) is 15.1. The van der Waals surface area contributed by atoms with E-state index < -0.39 is 0 Å². The summed E-state index contributed by atoms with van der Waals surface area (Å²) >= 11 is 0. The molecule has 2 aromatic rings. The summed E-state index contributed by atoms with van der Waals surface area (Å²) < 4.78 is 23.3. The number of rotatable bonds is 12. The molecular formula is C27H36O4. The van der Waals surface area contributed by atoms with Crippen molar-refractivity contribution in [2.45, 2.75) is 70.5 Å². The number of hydrogen-bond donors (Lipinski definition) is 0. The highest BCUT2D eigenvalue weighted by atomic mass is 16.6. The van der Waals surface area contributed by atoms with Crippen LogP contribution in [0.3, 0.4) is 0 Å². The standard InChI is InChI=1S/C27H36O4/c1-5-19(3)23-11-9-10-20(26(23)31-18-22-16-29-22)14-27(4,6-2)24-12-7-8-13-25(24)30-17-21-15-28-21/h7-13,19,21-22H,5-6,14-18H2,1-4H3. The normalized spacial score (nSPS) is 22.5. The Kier molecular flexibility index (Phi) is 6.88. The molecule has 4 unspecified atom stereocenters. The van der Waals surface area contributed by atoms with Gasteiger partial charge in [-0.1, -0.05) is 64.1 Å². The Hall–Kier alpha value is -2.04. The molecule has 0 saturated carbocycles. The molecule has 2 aromatic carbocycles. The highest BCUT2D eigenvalue weighted by Crippen LogP contribution is 2.41. The zero-order valence-electron chi connectivity index (χ0n) is 19.4. The van der Waals surface area contributed by atoms with E-state index in [1.807, 2.05) is 0 Å². The van der Waals surface area contributed by atoms with Crippen molar-refractivity contribution in [2.24, 2.45) is 0 Å². The Balaban J connectivity index is 1.64. The summed E-state index contributed by atoms with van der Waals surface area (Å²) in [5.41, 5.74) is 3.75. The van der Waals surface area contributed by atoms with E-state index in [9.17, 15) is 0 Å². The van der Waals surface area contributed by atoms with Crippen LogP contribution in [-0.4, -0.2) is 38.6 Å². The number of hydrogen-bond acceptors (Lipinski definition) is 4. The van der Waals surface area contributed by atoms with E-state index in [1.165, 1.54) is 16.7 Å². The number of para-hydroxylation sites is 2. The van der Waals surface area contributed by atoms with Crippen molar-refractivity contribution < 1.29 is 18.9 Å². The molecule has 4 heteroatoms. The van der Waals surface area contributed by atoms with Crippen molar-refractivity contribution in [3.05, 3.63) is 59.2 Å². The van der Waals surface area contributed by atoms with Gasteiger partial charge in [0.25, 0.3) is 0 Å². The minimum absolute atomic E-state index is 0.0662. The highest BCUT2D eigenvalue weighted by Gasteiger charge is 2.32. The van der Waals surface area contributed by atoms with Crippen molar-refractivity contribution in [3.8, 4) is 11.5 Å². The second-order valence-corrected chi connectivity index (χ2v) is 9.26. The van der Waals surface area contributed by atoms with Gasteiger partial charge in [-0.25, -0.2) is 0 Å². The number of benzene rings is 2. The van der Waals surface area contributed by atoms with Gasteiger partial charge in [0, 0.05) is 11.0 Å². The van der Waals surface area contributed by atoms with Crippen molar-refractivity contribution in [1.82, 2.24) is 0 Å². The fourth-order valence-electron chi connectivity index (χ4n) is 4.14. The molecule has 168 valence electrons. The molecule has 31 heavy (non-hydrogen) atoms. The van der Waals surface area contributed by atoms with E-state index in [0.29, 0.717) is 19.1 Å². The predicted octanol–water partition coefficient (Wildman–Crippen LogP) is 5.67. The van der Waals surface area contributed by atoms with Gasteiger partial charge in [0.1, 0.15) is 36.9 Å². The smallest absolute Gasteiger partial charge is 0.126 e. The van der Waals surface area contributed by atoms with Gasteiger partial charge in [-0.15, -0.1) is 0 Å². The molecule has 2 aliphatic heterocycles. The third-order valence-electron chi connectivity index (χ3n) is 6.81. The predicted molar refractivity (Wildman–Crippen MR) is 123 cm³/mol. The van der Waals surface area contributed by atoms with Crippen LogP contribution in [0.15, 0.2) is 42.5 Å². The SMILES string of the molecule is CCC(C)c1cccc(CC(C)(CC)c2ccccc2OCC2CO2)c1OCC1CO1. The Morgan fingerprint density at radius 2 is 1.65 bits per heavy atom. The second-order valence-electron chi connectivity index (χ2n) is 9.26. The maximum atomic E-state index is 6.39. The van der Waals surface area contributed by atoms with Crippen molar-refractivity contribution in [3.63, 3.8) is 0 Å². The first-order valence-corrected chi connectivity index (χ1v) is 11.7. The monoisotopic (exact) mass is 424 g/mol. The van der Waals surface area contributed by atoms with Gasteiger partial charge in [-0.05, 0) is 42.4 Å². The molecule has 2 heterocycles. The van der Waals surface area contributed by atoms with E-state index in [-0.39, 0.29) is 17.6 Å². The molecule has 2 aliphatic rings. The van der Waals surface area contributed by atoms with Crippen molar-refractivity contribution >= 4 is 0 Å². The van der Waals surface area contributed by atoms with Crippen LogP contribution in [-0.2, 0) is 21.3 Å². The molecule has 4 rings (SSSR count). The van der Waals surface area contributed by atoms with Crippen LogP contribution in [0.4, 0.5) is 0 Å². The number of ether oxygens (including phenoxy) is 4. The van der Waals surface area contributed by atoms with E-state index in [1.54, 1.807) is 0 Å². The lowest BCUT2D eigenvalue weighted by Crippen LogP contribution is -2.26. The first-order valence-electron chi connectivity index (χ1n) is 11.7. The van der Waals surface area contributed by atoms with Gasteiger partial charge < -0.3 is 18.9 Å². The van der Waals surface area contributed by atoms with E-state index in [4.69, 9.17) is 18.9 Å². The molecule has 0 aliphatic carbocycles. The van der Waals surface area contributed by atoms with Gasteiger partial charge in [0.05, 0.1) is 13.2 Å². The molecule has 2 saturated heterocycles. The summed E-state index contributed by atoms with van der Waals surface area (Å²) in [6.07, 6.45) is 3.48. The van der Waals surface area contributed by atoms with Crippen LogP contribution in [0, 0.1) is 0 Å². The summed E-state index contributed by atoms with van der Waals surface area (Å²) in [5.74, 6) is 2.48. The molecule has 0 aromatic heterocycles. The molecular weight excluding hydrogens is 388 g/mol. The van der Waals surface area contributed by atoms with Crippen LogP contribution in [0.5, 0.6) is 11.5 Å². The summed E-state index contributed by atoms with van der Waals surface area (Å²) in [6.45, 7) is 12.0. The lowest BCUT2D eigenvalue weighted by atomic mass is 9.74. The molecule has 2 fully saturated rings. The van der Waals surface area contributed by atoms with Gasteiger partial charge in [0.2, 0.25) is 0 Å². The minimum atomic E-state index is -0.0662. The Morgan fingerprint density at radius 3 is 2.29 bits per heavy atom. The third-order valence-corrected chi connectivity index (χ3v) is 6.81. The molecule has 4 nitrogen and oxygen atoms in total. The fraction of sp³-hybridized carbons (Fsp3) is 0.556. The maximum absolute atomic E-state index is 6.39. The fourth-order valence-corrected chi connectivity index (χ4v) is 4.14. The summed E-state index contributed by atoms with van der Waals surface area (Å²) in [4.78, 5) is 0. The lowest BCUT2D eigenvalue weighted by Gasteiger charge is -2.32. The first kappa shape index (κ1) is 22.2. The molecule has 0 spiro atoms. The van der Waals surface area contributed by atoms with E-state index in [2.05, 4.69) is 70.2 Å². The Labute approximate surface area is 186 Å². The van der Waals surface area contributed by atoms with Crippen LogP contribution >= 0.6 is 0 Å². The lowest BCUT2D eigenvalue weighted by molar-refractivity contribution is 0.252. The Bertz CT molecular complexity index is 871. The van der Waals surface area contributed by atoms with E-state index in [0.717, 1.165) is 44.0 Å². The van der Waals surface area contributed by atoms with Crippen LogP contribution in [0.1, 0.15) is 63.1 Å². The van der Waals surface area contributed by atoms with Gasteiger partial charge in [-0.3, -0.25) is 0 Å². The largest absolute Gasteiger partial charge is 0.490 e. The van der Waals surface area contributed by atoms with Gasteiger partial charge in [-0.2, -0.15) is 0 Å². The average molecular weight is 425 g/mol. The number of epoxide rings is 2. The highest BCUT2D eigenvalue weighted by molar-refractivity contribution is 5.47. The zero-order chi connectivity index (χ0) is 21.8. The minimum Gasteiger partial charge on any atom is -0.490 e. The maximum Gasteiger partial charge on any atom is 0.126 e. The molecule has 0 bridgehead atoms. The molecule has 0 N–H and O–H groups in total. The van der Waals surface area contributed by atoms with Gasteiger partial charge in [0.15, 0.2) is 0 Å². The topological polar surface area (TPSA) is 43.5 Å². The molecule has 4 atom stereocenters. The van der Waals surface area contributed by atoms with Crippen LogP contribution in [0.25, 0.3) is 0 Å². The van der Waals surface area contributed by atoms with Gasteiger partial charge >= 0.3 is 0 Å². The molecule has 0 amide bonds. The van der Waals surface area contributed by atoms with E-state index >= 15 is 0 Å². The summed E-state index contributed by atoms with van der Waals surface area (Å²) in [7, 11) is 0. The Morgan fingerprint density at radius 1 is 0.968 bits per heavy atom. The van der Waals surface area contributed by atoms with Crippen molar-refractivity contribution in [2.75, 3.05) is 26.4 Å². The molecule has 0 radical (unpaired) electrons.